The Morgan fingerprint density at radius 1 is 1.07 bits per heavy atom. The van der Waals surface area contributed by atoms with Gasteiger partial charge in [0.15, 0.2) is 0 Å². The van der Waals surface area contributed by atoms with Crippen molar-refractivity contribution < 1.29 is 0 Å². The number of anilines is 2. The van der Waals surface area contributed by atoms with E-state index in [1.807, 2.05) is 31.2 Å². The zero-order valence-corrected chi connectivity index (χ0v) is 8.44. The van der Waals surface area contributed by atoms with E-state index in [0.717, 1.165) is 16.7 Å². The highest BCUT2D eigenvalue weighted by molar-refractivity contribution is 5.75. The lowest BCUT2D eigenvalue weighted by molar-refractivity contribution is 1.19. The van der Waals surface area contributed by atoms with E-state index in [0.29, 0.717) is 5.82 Å². The van der Waals surface area contributed by atoms with Gasteiger partial charge in [0.2, 0.25) is 5.95 Å². The lowest BCUT2D eigenvalue weighted by Crippen LogP contribution is -2.01. The quantitative estimate of drug-likeness (QED) is 0.733. The molecule has 0 radical (unpaired) electrons. The van der Waals surface area contributed by atoms with Crippen LogP contribution in [0.5, 0.6) is 0 Å². The van der Waals surface area contributed by atoms with Crippen molar-refractivity contribution in [3.8, 4) is 11.1 Å². The molecule has 0 amide bonds. The van der Waals surface area contributed by atoms with Gasteiger partial charge in [-0.3, -0.25) is 0 Å². The average Bonchev–Trinajstić information content (AvgIpc) is 2.20. The number of benzene rings is 1. The van der Waals surface area contributed by atoms with Crippen molar-refractivity contribution in [1.82, 2.24) is 9.97 Å². The lowest BCUT2D eigenvalue weighted by atomic mass is 10.0. The lowest BCUT2D eigenvalue weighted by Gasteiger charge is -2.07. The number of nitrogen functional groups attached to an aromatic ring is 2. The number of nitrogens with two attached hydrogens (primary N) is 2. The average molecular weight is 200 g/mol. The third kappa shape index (κ3) is 1.74. The Hall–Kier alpha value is -2.10. The molecule has 0 bridgehead atoms. The first kappa shape index (κ1) is 9.45. The van der Waals surface area contributed by atoms with Crippen molar-refractivity contribution in [2.75, 3.05) is 11.5 Å². The standard InChI is InChI=1S/C11H12N4/c1-7-4-2-3-5-8(7)9-6-14-11(13)15-10(9)12/h2-6H,1H3,(H4,12,13,14,15). The summed E-state index contributed by atoms with van der Waals surface area (Å²) in [6.07, 6.45) is 1.65. The van der Waals surface area contributed by atoms with Crippen LogP contribution in [0, 0.1) is 6.92 Å². The highest BCUT2D eigenvalue weighted by Gasteiger charge is 2.06. The van der Waals surface area contributed by atoms with E-state index in [4.69, 9.17) is 11.5 Å². The topological polar surface area (TPSA) is 77.8 Å². The summed E-state index contributed by atoms with van der Waals surface area (Å²) in [6, 6.07) is 7.94. The predicted octanol–water partition coefficient (Wildman–Crippen LogP) is 1.62. The third-order valence-electron chi connectivity index (χ3n) is 2.27. The minimum absolute atomic E-state index is 0.199. The number of hydrogen-bond donors (Lipinski definition) is 2. The molecule has 0 spiro atoms. The maximum absolute atomic E-state index is 5.79. The maximum Gasteiger partial charge on any atom is 0.221 e. The molecule has 0 saturated heterocycles. The molecule has 0 aliphatic rings. The summed E-state index contributed by atoms with van der Waals surface area (Å²) in [7, 11) is 0. The van der Waals surface area contributed by atoms with Gasteiger partial charge in [-0.1, -0.05) is 24.3 Å². The first-order valence-electron chi connectivity index (χ1n) is 4.62. The van der Waals surface area contributed by atoms with E-state index in [-0.39, 0.29) is 5.95 Å². The minimum Gasteiger partial charge on any atom is -0.383 e. The third-order valence-corrected chi connectivity index (χ3v) is 2.27. The Morgan fingerprint density at radius 2 is 1.80 bits per heavy atom. The normalized spacial score (nSPS) is 10.2. The zero-order valence-electron chi connectivity index (χ0n) is 8.44. The first-order valence-corrected chi connectivity index (χ1v) is 4.62. The molecular formula is C11H12N4. The van der Waals surface area contributed by atoms with Crippen molar-refractivity contribution in [3.63, 3.8) is 0 Å². The molecule has 0 atom stereocenters. The number of aromatic nitrogens is 2. The summed E-state index contributed by atoms with van der Waals surface area (Å²) < 4.78 is 0. The second-order valence-corrected chi connectivity index (χ2v) is 3.34. The summed E-state index contributed by atoms with van der Waals surface area (Å²) in [4.78, 5) is 7.88. The first-order chi connectivity index (χ1) is 7.18. The second kappa shape index (κ2) is 3.57. The highest BCUT2D eigenvalue weighted by atomic mass is 15.0. The monoisotopic (exact) mass is 200 g/mol. The van der Waals surface area contributed by atoms with E-state index in [9.17, 15) is 0 Å². The van der Waals surface area contributed by atoms with Gasteiger partial charge in [-0.2, -0.15) is 4.98 Å². The highest BCUT2D eigenvalue weighted by Crippen LogP contribution is 2.26. The van der Waals surface area contributed by atoms with Gasteiger partial charge in [0.25, 0.3) is 0 Å². The van der Waals surface area contributed by atoms with Gasteiger partial charge >= 0.3 is 0 Å². The van der Waals surface area contributed by atoms with Gasteiger partial charge in [0.05, 0.1) is 0 Å². The van der Waals surface area contributed by atoms with Crippen LogP contribution in [0.25, 0.3) is 11.1 Å². The molecule has 0 aliphatic heterocycles. The molecule has 2 aromatic rings. The van der Waals surface area contributed by atoms with Gasteiger partial charge in [-0.15, -0.1) is 0 Å². The smallest absolute Gasteiger partial charge is 0.221 e. The van der Waals surface area contributed by atoms with Crippen LogP contribution in [0.2, 0.25) is 0 Å². The van der Waals surface area contributed by atoms with E-state index in [2.05, 4.69) is 9.97 Å². The fourth-order valence-corrected chi connectivity index (χ4v) is 1.49. The molecule has 0 unspecified atom stereocenters. The molecule has 2 rings (SSSR count). The molecule has 76 valence electrons. The molecular weight excluding hydrogens is 188 g/mol. The molecule has 1 aromatic heterocycles. The zero-order chi connectivity index (χ0) is 10.8. The molecule has 4 N–H and O–H groups in total. The van der Waals surface area contributed by atoms with E-state index in [1.54, 1.807) is 6.20 Å². The van der Waals surface area contributed by atoms with Crippen LogP contribution in [-0.2, 0) is 0 Å². The Kier molecular flexibility index (Phi) is 2.25. The Labute approximate surface area is 88.0 Å². The van der Waals surface area contributed by atoms with Crippen molar-refractivity contribution in [3.05, 3.63) is 36.0 Å². The SMILES string of the molecule is Cc1ccccc1-c1cnc(N)nc1N. The van der Waals surface area contributed by atoms with Crippen LogP contribution >= 0.6 is 0 Å². The van der Waals surface area contributed by atoms with Gasteiger partial charge < -0.3 is 11.5 Å². The van der Waals surface area contributed by atoms with Crippen molar-refractivity contribution in [2.45, 2.75) is 6.92 Å². The Morgan fingerprint density at radius 3 is 2.47 bits per heavy atom. The molecule has 4 nitrogen and oxygen atoms in total. The summed E-state index contributed by atoms with van der Waals surface area (Å²) in [5.74, 6) is 0.613. The fraction of sp³-hybridized carbons (Fsp3) is 0.0909. The minimum atomic E-state index is 0.199. The van der Waals surface area contributed by atoms with Crippen LogP contribution in [0.4, 0.5) is 11.8 Å². The predicted molar refractivity (Wildman–Crippen MR) is 61.0 cm³/mol. The number of rotatable bonds is 1. The van der Waals surface area contributed by atoms with Gasteiger partial charge in [0, 0.05) is 11.8 Å². The number of hydrogen-bond acceptors (Lipinski definition) is 4. The molecule has 1 heterocycles. The largest absolute Gasteiger partial charge is 0.383 e. The van der Waals surface area contributed by atoms with E-state index < -0.39 is 0 Å². The van der Waals surface area contributed by atoms with Crippen LogP contribution in [0.1, 0.15) is 5.56 Å². The molecule has 4 heteroatoms. The summed E-state index contributed by atoms with van der Waals surface area (Å²) in [5.41, 5.74) is 14.2. The van der Waals surface area contributed by atoms with E-state index >= 15 is 0 Å². The van der Waals surface area contributed by atoms with Gasteiger partial charge in [-0.25, -0.2) is 4.98 Å². The molecule has 1 aromatic carbocycles. The van der Waals surface area contributed by atoms with Crippen LogP contribution in [0.15, 0.2) is 30.5 Å². The molecule has 0 saturated carbocycles. The molecule has 0 fully saturated rings. The Bertz CT molecular complexity index is 494. The second-order valence-electron chi connectivity index (χ2n) is 3.34. The molecule has 0 aliphatic carbocycles. The number of aryl methyl sites for hydroxylation is 1. The van der Waals surface area contributed by atoms with Crippen LogP contribution < -0.4 is 11.5 Å². The number of nitrogens with zero attached hydrogens (tertiary/aromatic N) is 2. The molecule has 15 heavy (non-hydrogen) atoms. The fourth-order valence-electron chi connectivity index (χ4n) is 1.49. The van der Waals surface area contributed by atoms with Gasteiger partial charge in [-0.05, 0) is 18.1 Å². The van der Waals surface area contributed by atoms with E-state index in [1.165, 1.54) is 0 Å². The maximum atomic E-state index is 5.79. The van der Waals surface area contributed by atoms with Crippen molar-refractivity contribution in [1.29, 1.82) is 0 Å². The van der Waals surface area contributed by atoms with Gasteiger partial charge in [0.1, 0.15) is 5.82 Å². The summed E-state index contributed by atoms with van der Waals surface area (Å²) >= 11 is 0. The Balaban J connectivity index is 2.60. The van der Waals surface area contributed by atoms with Crippen LogP contribution in [-0.4, -0.2) is 9.97 Å². The van der Waals surface area contributed by atoms with Crippen molar-refractivity contribution >= 4 is 11.8 Å². The van der Waals surface area contributed by atoms with Crippen molar-refractivity contribution in [2.24, 2.45) is 0 Å². The summed E-state index contributed by atoms with van der Waals surface area (Å²) in [5, 5.41) is 0. The summed E-state index contributed by atoms with van der Waals surface area (Å²) in [6.45, 7) is 2.02. The van der Waals surface area contributed by atoms with Crippen LogP contribution in [0.3, 0.4) is 0 Å².